The van der Waals surface area contributed by atoms with Gasteiger partial charge in [0.1, 0.15) is 5.75 Å². The number of hydrogen-bond donors (Lipinski definition) is 0. The highest BCUT2D eigenvalue weighted by molar-refractivity contribution is 7.90. The first kappa shape index (κ1) is 16.3. The molecule has 0 fully saturated rings. The van der Waals surface area contributed by atoms with Crippen molar-refractivity contribution in [2.75, 3.05) is 13.0 Å². The van der Waals surface area contributed by atoms with Gasteiger partial charge in [0, 0.05) is 24.7 Å². The van der Waals surface area contributed by atoms with E-state index in [1.54, 1.807) is 0 Å². The van der Waals surface area contributed by atoms with E-state index in [9.17, 15) is 18.0 Å². The Labute approximate surface area is 131 Å². The van der Waals surface area contributed by atoms with Crippen molar-refractivity contribution in [3.05, 3.63) is 47.1 Å². The van der Waals surface area contributed by atoms with Crippen molar-refractivity contribution in [1.29, 1.82) is 0 Å². The zero-order valence-corrected chi connectivity index (χ0v) is 13.2. The first-order valence-electron chi connectivity index (χ1n) is 6.20. The molecular formula is C13H13ClN2O5S. The minimum Gasteiger partial charge on any atom is -0.497 e. The van der Waals surface area contributed by atoms with E-state index < -0.39 is 21.6 Å². The average molecular weight is 345 g/mol. The lowest BCUT2D eigenvalue weighted by molar-refractivity contribution is 0.0906. The predicted octanol–water partition coefficient (Wildman–Crippen LogP) is 1.16. The van der Waals surface area contributed by atoms with Crippen LogP contribution in [-0.4, -0.2) is 35.9 Å². The van der Waals surface area contributed by atoms with E-state index >= 15 is 0 Å². The van der Waals surface area contributed by atoms with Crippen LogP contribution in [0.1, 0.15) is 11.2 Å². The third-order valence-electron chi connectivity index (χ3n) is 2.94. The normalized spacial score (nSPS) is 11.4. The first-order chi connectivity index (χ1) is 10.4. The molecule has 0 atom stereocenters. The fourth-order valence-corrected chi connectivity index (χ4v) is 3.17. The molecular weight excluding hydrogens is 332 g/mol. The van der Waals surface area contributed by atoms with E-state index in [1.807, 2.05) is 0 Å². The second kappa shape index (κ2) is 6.37. The molecule has 0 unspecified atom stereocenters. The molecule has 0 N–H and O–H groups in total. The molecule has 0 aliphatic rings. The quantitative estimate of drug-likeness (QED) is 0.760. The molecule has 22 heavy (non-hydrogen) atoms. The van der Waals surface area contributed by atoms with Crippen molar-refractivity contribution in [3.63, 3.8) is 0 Å². The van der Waals surface area contributed by atoms with E-state index in [1.165, 1.54) is 31.4 Å². The Morgan fingerprint density at radius 2 is 1.86 bits per heavy atom. The van der Waals surface area contributed by atoms with Crippen LogP contribution in [0.15, 0.2) is 46.3 Å². The molecule has 2 aromatic rings. The fourth-order valence-electron chi connectivity index (χ4n) is 1.80. The molecule has 9 heteroatoms. The van der Waals surface area contributed by atoms with Gasteiger partial charge in [-0.25, -0.2) is 17.8 Å². The van der Waals surface area contributed by atoms with E-state index in [0.717, 1.165) is 17.0 Å². The van der Waals surface area contributed by atoms with Crippen molar-refractivity contribution in [2.45, 2.75) is 11.3 Å². The van der Waals surface area contributed by atoms with Crippen LogP contribution in [0.3, 0.4) is 0 Å². The third-order valence-corrected chi connectivity index (χ3v) is 4.79. The van der Waals surface area contributed by atoms with E-state index in [2.05, 4.69) is 0 Å². The number of benzene rings is 1. The first-order valence-corrected chi connectivity index (χ1v) is 8.18. The van der Waals surface area contributed by atoms with Crippen molar-refractivity contribution in [1.82, 2.24) is 8.54 Å². The lowest BCUT2D eigenvalue weighted by atomic mass is 10.3. The lowest BCUT2D eigenvalue weighted by Gasteiger charge is -2.05. The minimum atomic E-state index is -4.08. The molecule has 118 valence electrons. The van der Waals surface area contributed by atoms with Gasteiger partial charge in [-0.3, -0.25) is 4.79 Å². The van der Waals surface area contributed by atoms with Gasteiger partial charge in [0.05, 0.1) is 12.0 Å². The minimum absolute atomic E-state index is 0.0433. The number of hydrogen-bond acceptors (Lipinski definition) is 5. The summed E-state index contributed by atoms with van der Waals surface area (Å²) < 4.78 is 31.0. The highest BCUT2D eigenvalue weighted by Gasteiger charge is 2.22. The molecule has 0 amide bonds. The maximum absolute atomic E-state index is 12.4. The summed E-state index contributed by atoms with van der Waals surface area (Å²) >= 11 is 5.45. The molecule has 0 aliphatic carbocycles. The summed E-state index contributed by atoms with van der Waals surface area (Å²) in [6.45, 7) is 0. The smallest absolute Gasteiger partial charge is 0.349 e. The molecule has 1 heterocycles. The Bertz CT molecular complexity index is 836. The summed E-state index contributed by atoms with van der Waals surface area (Å²) in [5.41, 5.74) is -0.953. The molecule has 0 radical (unpaired) electrons. The van der Waals surface area contributed by atoms with Crippen LogP contribution in [0.25, 0.3) is 0 Å². The number of methoxy groups -OCH3 is 1. The van der Waals surface area contributed by atoms with Crippen LogP contribution in [0.2, 0.25) is 0 Å². The third kappa shape index (κ3) is 2.93. The van der Waals surface area contributed by atoms with Crippen LogP contribution >= 0.6 is 11.6 Å². The second-order valence-corrected chi connectivity index (χ2v) is 6.45. The Balaban J connectivity index is 2.46. The fraction of sp³-hybridized carbons (Fsp3) is 0.231. The van der Waals surface area contributed by atoms with Crippen molar-refractivity contribution in [3.8, 4) is 5.75 Å². The number of rotatable bonds is 5. The van der Waals surface area contributed by atoms with Gasteiger partial charge < -0.3 is 4.74 Å². The number of carbonyl (C=O) groups is 1. The van der Waals surface area contributed by atoms with E-state index in [0.29, 0.717) is 9.72 Å². The Morgan fingerprint density at radius 3 is 2.41 bits per heavy atom. The summed E-state index contributed by atoms with van der Waals surface area (Å²) in [5, 5.41) is 0. The molecule has 0 aliphatic heterocycles. The summed E-state index contributed by atoms with van der Waals surface area (Å²) in [7, 11) is -2.62. The summed E-state index contributed by atoms with van der Waals surface area (Å²) in [5.74, 6) is -0.0355. The topological polar surface area (TPSA) is 87.4 Å². The predicted molar refractivity (Wildman–Crippen MR) is 80.2 cm³/mol. The van der Waals surface area contributed by atoms with Gasteiger partial charge in [0.15, 0.2) is 0 Å². The van der Waals surface area contributed by atoms with Gasteiger partial charge in [-0.1, -0.05) is 0 Å². The van der Waals surface area contributed by atoms with Crippen LogP contribution in [0, 0.1) is 0 Å². The Kier molecular flexibility index (Phi) is 4.72. The number of halogens is 1. The molecule has 0 saturated carbocycles. The molecule has 2 rings (SSSR count). The molecule has 7 nitrogen and oxygen atoms in total. The molecule has 1 aromatic heterocycles. The molecule has 1 aromatic carbocycles. The summed E-state index contributed by atoms with van der Waals surface area (Å²) in [6.07, 6.45) is 2.08. The van der Waals surface area contributed by atoms with Crippen molar-refractivity contribution >= 4 is 27.5 Å². The maximum atomic E-state index is 12.4. The number of aromatic nitrogens is 2. The zero-order valence-electron chi connectivity index (χ0n) is 11.6. The van der Waals surface area contributed by atoms with Crippen LogP contribution < -0.4 is 10.4 Å². The summed E-state index contributed by atoms with van der Waals surface area (Å²) in [6, 6.07) is 5.57. The highest BCUT2D eigenvalue weighted by Crippen LogP contribution is 2.17. The van der Waals surface area contributed by atoms with E-state index in [4.69, 9.17) is 16.3 Å². The Hall–Kier alpha value is -2.06. The SMILES string of the molecule is COc1ccc(S(=O)(=O)n2ccn(C(=O)CCCl)c2=O)cc1. The van der Waals surface area contributed by atoms with Crippen molar-refractivity contribution < 1.29 is 17.9 Å². The highest BCUT2D eigenvalue weighted by atomic mass is 35.5. The van der Waals surface area contributed by atoms with Crippen LogP contribution in [0.5, 0.6) is 5.75 Å². The number of alkyl halides is 1. The largest absolute Gasteiger partial charge is 0.497 e. The standard InChI is InChI=1S/C13H13ClN2O5S/c1-21-10-2-4-11(5-3-10)22(19,20)16-9-8-15(13(16)18)12(17)6-7-14/h2-5,8-9H,6-7H2,1H3. The zero-order chi connectivity index (χ0) is 16.3. The maximum Gasteiger partial charge on any atom is 0.349 e. The van der Waals surface area contributed by atoms with Gasteiger partial charge in [0.25, 0.3) is 10.0 Å². The van der Waals surface area contributed by atoms with Crippen LogP contribution in [0.4, 0.5) is 0 Å². The van der Waals surface area contributed by atoms with Gasteiger partial charge in [-0.05, 0) is 24.3 Å². The van der Waals surface area contributed by atoms with Crippen LogP contribution in [-0.2, 0) is 10.0 Å². The number of imidazole rings is 1. The monoisotopic (exact) mass is 344 g/mol. The van der Waals surface area contributed by atoms with Gasteiger partial charge >= 0.3 is 5.69 Å². The summed E-state index contributed by atoms with van der Waals surface area (Å²) in [4.78, 5) is 23.7. The van der Waals surface area contributed by atoms with Gasteiger partial charge in [-0.2, -0.15) is 3.97 Å². The van der Waals surface area contributed by atoms with Gasteiger partial charge in [0.2, 0.25) is 5.91 Å². The molecule has 0 spiro atoms. The molecule has 0 saturated heterocycles. The van der Waals surface area contributed by atoms with Gasteiger partial charge in [-0.15, -0.1) is 11.6 Å². The number of nitrogens with zero attached hydrogens (tertiary/aromatic N) is 2. The average Bonchev–Trinajstić information content (AvgIpc) is 2.90. The number of ether oxygens (including phenoxy) is 1. The van der Waals surface area contributed by atoms with E-state index in [-0.39, 0.29) is 17.2 Å². The molecule has 0 bridgehead atoms. The lowest BCUT2D eigenvalue weighted by Crippen LogP contribution is -2.32. The second-order valence-electron chi connectivity index (χ2n) is 4.26. The number of carbonyl (C=O) groups excluding carboxylic acids is 1. The Morgan fingerprint density at radius 1 is 1.23 bits per heavy atom. The van der Waals surface area contributed by atoms with Crippen molar-refractivity contribution in [2.24, 2.45) is 0 Å².